The van der Waals surface area contributed by atoms with Crippen LogP contribution in [0.2, 0.25) is 0 Å². The van der Waals surface area contributed by atoms with Gasteiger partial charge in [-0.25, -0.2) is 0 Å². The number of aromatic nitrogens is 2. The first-order valence-corrected chi connectivity index (χ1v) is 4.77. The van der Waals surface area contributed by atoms with Crippen LogP contribution in [0.3, 0.4) is 0 Å². The van der Waals surface area contributed by atoms with E-state index in [0.29, 0.717) is 5.82 Å². The fraction of sp³-hybridized carbons (Fsp3) is 0.0909. The number of aromatic amines is 1. The van der Waals surface area contributed by atoms with E-state index in [2.05, 4.69) is 15.3 Å². The summed E-state index contributed by atoms with van der Waals surface area (Å²) in [4.78, 5) is 17.5. The number of hydrogen-bond acceptors (Lipinski definition) is 4. The van der Waals surface area contributed by atoms with Gasteiger partial charge in [0, 0.05) is 18.3 Å². The van der Waals surface area contributed by atoms with Crippen LogP contribution in [0.5, 0.6) is 5.88 Å². The van der Waals surface area contributed by atoms with Gasteiger partial charge in [0.15, 0.2) is 0 Å². The molecule has 0 unspecified atom stereocenters. The standard InChI is InChI=1S/C11H11N3O2/c1-12-8-4-2-7(3-5-8)11-13-9(15)6-10(16)14-11/h2-6,12H,1H3,(H2,13,14,15,16). The summed E-state index contributed by atoms with van der Waals surface area (Å²) in [6.45, 7) is 0. The van der Waals surface area contributed by atoms with Gasteiger partial charge in [-0.1, -0.05) is 0 Å². The lowest BCUT2D eigenvalue weighted by Gasteiger charge is -2.03. The van der Waals surface area contributed by atoms with Gasteiger partial charge in [-0.15, -0.1) is 0 Å². The smallest absolute Gasteiger partial charge is 0.254 e. The van der Waals surface area contributed by atoms with Crippen LogP contribution in [0.15, 0.2) is 35.1 Å². The summed E-state index contributed by atoms with van der Waals surface area (Å²) in [7, 11) is 1.82. The minimum Gasteiger partial charge on any atom is -0.493 e. The minimum atomic E-state index is -0.375. The van der Waals surface area contributed by atoms with Gasteiger partial charge in [0.25, 0.3) is 5.56 Å². The fourth-order valence-corrected chi connectivity index (χ4v) is 1.38. The second kappa shape index (κ2) is 4.06. The average molecular weight is 217 g/mol. The van der Waals surface area contributed by atoms with Gasteiger partial charge >= 0.3 is 0 Å². The van der Waals surface area contributed by atoms with Crippen LogP contribution in [-0.2, 0) is 0 Å². The van der Waals surface area contributed by atoms with Crippen molar-refractivity contribution in [3.63, 3.8) is 0 Å². The van der Waals surface area contributed by atoms with Crippen LogP contribution in [0.4, 0.5) is 5.69 Å². The van der Waals surface area contributed by atoms with Gasteiger partial charge in [-0.05, 0) is 24.3 Å². The monoisotopic (exact) mass is 217 g/mol. The van der Waals surface area contributed by atoms with E-state index in [0.717, 1.165) is 17.3 Å². The molecule has 0 fully saturated rings. The number of rotatable bonds is 2. The van der Waals surface area contributed by atoms with Gasteiger partial charge in [0.2, 0.25) is 5.88 Å². The van der Waals surface area contributed by atoms with Crippen molar-refractivity contribution in [1.29, 1.82) is 0 Å². The number of benzene rings is 1. The topological polar surface area (TPSA) is 78.0 Å². The Morgan fingerprint density at radius 1 is 1.31 bits per heavy atom. The van der Waals surface area contributed by atoms with Gasteiger partial charge in [0.05, 0.1) is 6.07 Å². The van der Waals surface area contributed by atoms with Crippen LogP contribution in [0.25, 0.3) is 11.4 Å². The molecule has 1 heterocycles. The molecule has 0 saturated heterocycles. The Bertz CT molecular complexity index is 546. The lowest BCUT2D eigenvalue weighted by Crippen LogP contribution is -2.06. The number of nitrogens with one attached hydrogen (secondary N) is 2. The van der Waals surface area contributed by atoms with Crippen molar-refractivity contribution in [2.45, 2.75) is 0 Å². The summed E-state index contributed by atoms with van der Waals surface area (Å²) >= 11 is 0. The molecule has 0 aliphatic rings. The molecule has 82 valence electrons. The second-order valence-electron chi connectivity index (χ2n) is 3.28. The Labute approximate surface area is 91.8 Å². The molecule has 0 aliphatic carbocycles. The highest BCUT2D eigenvalue weighted by atomic mass is 16.3. The molecule has 0 spiro atoms. The van der Waals surface area contributed by atoms with E-state index in [1.54, 1.807) is 0 Å². The first kappa shape index (κ1) is 10.2. The van der Waals surface area contributed by atoms with Crippen molar-refractivity contribution in [3.05, 3.63) is 40.7 Å². The third-order valence-electron chi connectivity index (χ3n) is 2.18. The predicted octanol–water partition coefficient (Wildman–Crippen LogP) is 1.18. The molecule has 1 aromatic carbocycles. The Kier molecular flexibility index (Phi) is 2.59. The Hall–Kier alpha value is -2.30. The summed E-state index contributed by atoms with van der Waals surface area (Å²) < 4.78 is 0. The van der Waals surface area contributed by atoms with Crippen LogP contribution in [0.1, 0.15) is 0 Å². The van der Waals surface area contributed by atoms with Crippen molar-refractivity contribution in [3.8, 4) is 17.3 Å². The van der Waals surface area contributed by atoms with E-state index >= 15 is 0 Å². The highest BCUT2D eigenvalue weighted by Gasteiger charge is 2.02. The molecule has 1 aromatic heterocycles. The van der Waals surface area contributed by atoms with Crippen molar-refractivity contribution in [2.24, 2.45) is 0 Å². The molecule has 3 N–H and O–H groups in total. The van der Waals surface area contributed by atoms with Crippen LogP contribution < -0.4 is 10.9 Å². The molecule has 0 amide bonds. The third kappa shape index (κ3) is 2.03. The number of aromatic hydroxyl groups is 1. The molecule has 16 heavy (non-hydrogen) atoms. The molecule has 5 nitrogen and oxygen atoms in total. The summed E-state index contributed by atoms with van der Waals surface area (Å²) in [6.07, 6.45) is 0. The zero-order valence-electron chi connectivity index (χ0n) is 8.69. The molecule has 0 bridgehead atoms. The molecule has 2 aromatic rings. The second-order valence-corrected chi connectivity index (χ2v) is 3.28. The fourth-order valence-electron chi connectivity index (χ4n) is 1.38. The van der Waals surface area contributed by atoms with Crippen molar-refractivity contribution in [2.75, 3.05) is 12.4 Å². The van der Waals surface area contributed by atoms with Crippen LogP contribution >= 0.6 is 0 Å². The number of nitrogens with zero attached hydrogens (tertiary/aromatic N) is 1. The Morgan fingerprint density at radius 2 is 2.00 bits per heavy atom. The highest BCUT2D eigenvalue weighted by Crippen LogP contribution is 2.17. The van der Waals surface area contributed by atoms with Crippen LogP contribution in [0, 0.1) is 0 Å². The van der Waals surface area contributed by atoms with E-state index in [9.17, 15) is 9.90 Å². The lowest BCUT2D eigenvalue weighted by molar-refractivity contribution is 0.452. The zero-order valence-corrected chi connectivity index (χ0v) is 8.69. The Morgan fingerprint density at radius 3 is 2.56 bits per heavy atom. The van der Waals surface area contributed by atoms with Crippen molar-refractivity contribution in [1.82, 2.24) is 9.97 Å². The molecular formula is C11H11N3O2. The van der Waals surface area contributed by atoms with E-state index < -0.39 is 0 Å². The maximum atomic E-state index is 11.1. The molecule has 2 rings (SSSR count). The molecule has 0 aliphatic heterocycles. The zero-order chi connectivity index (χ0) is 11.5. The number of hydrogen-bond donors (Lipinski definition) is 3. The maximum Gasteiger partial charge on any atom is 0.254 e. The summed E-state index contributed by atoms with van der Waals surface area (Å²) in [5, 5.41) is 12.2. The van der Waals surface area contributed by atoms with Gasteiger partial charge in [-0.3, -0.25) is 4.79 Å². The quantitative estimate of drug-likeness (QED) is 0.706. The Balaban J connectivity index is 2.46. The first-order valence-electron chi connectivity index (χ1n) is 4.77. The molecule has 0 saturated carbocycles. The molecular weight excluding hydrogens is 206 g/mol. The van der Waals surface area contributed by atoms with E-state index in [1.165, 1.54) is 0 Å². The number of anilines is 1. The first-order chi connectivity index (χ1) is 7.69. The highest BCUT2D eigenvalue weighted by molar-refractivity contribution is 5.59. The van der Waals surface area contributed by atoms with Crippen LogP contribution in [-0.4, -0.2) is 22.1 Å². The third-order valence-corrected chi connectivity index (χ3v) is 2.18. The van der Waals surface area contributed by atoms with Gasteiger partial charge in [-0.2, -0.15) is 4.98 Å². The molecule has 0 atom stereocenters. The van der Waals surface area contributed by atoms with Crippen molar-refractivity contribution >= 4 is 5.69 Å². The normalized spacial score (nSPS) is 10.1. The molecule has 5 heteroatoms. The predicted molar refractivity (Wildman–Crippen MR) is 61.5 cm³/mol. The largest absolute Gasteiger partial charge is 0.493 e. The summed E-state index contributed by atoms with van der Waals surface area (Å²) in [6, 6.07) is 8.37. The molecule has 0 radical (unpaired) electrons. The van der Waals surface area contributed by atoms with E-state index in [1.807, 2.05) is 31.3 Å². The maximum absolute atomic E-state index is 11.1. The SMILES string of the molecule is CNc1ccc(-c2nc(O)cc(=O)[nH]2)cc1. The average Bonchev–Trinajstić information content (AvgIpc) is 2.28. The number of H-pyrrole nitrogens is 1. The summed E-state index contributed by atoms with van der Waals surface area (Å²) in [5.41, 5.74) is 1.33. The minimum absolute atomic E-state index is 0.281. The van der Waals surface area contributed by atoms with E-state index in [-0.39, 0.29) is 11.4 Å². The lowest BCUT2D eigenvalue weighted by atomic mass is 10.2. The van der Waals surface area contributed by atoms with Gasteiger partial charge in [0.1, 0.15) is 5.82 Å². The van der Waals surface area contributed by atoms with E-state index in [4.69, 9.17) is 0 Å². The van der Waals surface area contributed by atoms with Gasteiger partial charge < -0.3 is 15.4 Å². The summed E-state index contributed by atoms with van der Waals surface area (Å²) in [5.74, 6) is 0.0732. The van der Waals surface area contributed by atoms with Crippen molar-refractivity contribution < 1.29 is 5.11 Å².